The molecule has 0 spiro atoms. The van der Waals surface area contributed by atoms with Crippen molar-refractivity contribution in [1.82, 2.24) is 10.3 Å². The number of carbonyl (C=O) groups excluding carboxylic acids is 1. The molecule has 0 bridgehead atoms. The van der Waals surface area contributed by atoms with E-state index in [9.17, 15) is 9.59 Å². The van der Waals surface area contributed by atoms with Crippen molar-refractivity contribution in [2.75, 3.05) is 6.54 Å². The normalized spacial score (nSPS) is 11.9. The van der Waals surface area contributed by atoms with Crippen LogP contribution in [0.15, 0.2) is 22.8 Å². The van der Waals surface area contributed by atoms with Gasteiger partial charge in [0.15, 0.2) is 0 Å². The van der Waals surface area contributed by atoms with E-state index in [-0.39, 0.29) is 18.1 Å². The molecule has 5 nitrogen and oxygen atoms in total. The summed E-state index contributed by atoms with van der Waals surface area (Å²) in [6.07, 6.45) is 1.31. The van der Waals surface area contributed by atoms with Gasteiger partial charge in [-0.3, -0.25) is 9.59 Å². The molecule has 0 aromatic carbocycles. The van der Waals surface area contributed by atoms with Gasteiger partial charge in [-0.05, 0) is 34.5 Å². The smallest absolute Gasteiger partial charge is 0.308 e. The van der Waals surface area contributed by atoms with Crippen LogP contribution in [0.3, 0.4) is 0 Å². The van der Waals surface area contributed by atoms with Crippen LogP contribution < -0.4 is 5.32 Å². The number of halogens is 1. The molecule has 1 aromatic rings. The lowest BCUT2D eigenvalue weighted by molar-refractivity contribution is -0.141. The summed E-state index contributed by atoms with van der Waals surface area (Å²) in [7, 11) is 0. The Balaban J connectivity index is 2.57. The van der Waals surface area contributed by atoms with E-state index in [1.807, 2.05) is 6.92 Å². The van der Waals surface area contributed by atoms with Crippen LogP contribution in [-0.4, -0.2) is 28.5 Å². The van der Waals surface area contributed by atoms with Crippen molar-refractivity contribution in [2.45, 2.75) is 19.8 Å². The maximum absolute atomic E-state index is 11.7. The number of hydrogen-bond acceptors (Lipinski definition) is 3. The predicted molar refractivity (Wildman–Crippen MR) is 70.3 cm³/mol. The number of carbonyl (C=O) groups is 2. The van der Waals surface area contributed by atoms with Gasteiger partial charge in [0, 0.05) is 6.54 Å². The molecule has 1 aromatic heterocycles. The molecule has 0 saturated heterocycles. The van der Waals surface area contributed by atoms with Crippen molar-refractivity contribution in [3.8, 4) is 0 Å². The SMILES string of the molecule is CCCC(CNC(=O)c1cccc(Br)n1)C(=O)O. The summed E-state index contributed by atoms with van der Waals surface area (Å²) < 4.78 is 0.568. The van der Waals surface area contributed by atoms with E-state index in [4.69, 9.17) is 5.11 Å². The average Bonchev–Trinajstić information content (AvgIpc) is 2.33. The summed E-state index contributed by atoms with van der Waals surface area (Å²) in [6.45, 7) is 2.03. The van der Waals surface area contributed by atoms with E-state index in [1.165, 1.54) is 0 Å². The highest BCUT2D eigenvalue weighted by Gasteiger charge is 2.18. The Labute approximate surface area is 114 Å². The lowest BCUT2D eigenvalue weighted by Gasteiger charge is -2.12. The quantitative estimate of drug-likeness (QED) is 0.788. The molecule has 0 saturated carbocycles. The largest absolute Gasteiger partial charge is 0.481 e. The first-order valence-electron chi connectivity index (χ1n) is 5.68. The number of carboxylic acid groups (broad SMARTS) is 1. The standard InChI is InChI=1S/C12H15BrN2O3/c1-2-4-8(12(17)18)7-14-11(16)9-5-3-6-10(13)15-9/h3,5-6,8H,2,4,7H2,1H3,(H,14,16)(H,17,18). The van der Waals surface area contributed by atoms with Crippen molar-refractivity contribution < 1.29 is 14.7 Å². The lowest BCUT2D eigenvalue weighted by Crippen LogP contribution is -2.33. The Morgan fingerprint density at radius 2 is 2.22 bits per heavy atom. The van der Waals surface area contributed by atoms with Crippen LogP contribution in [0.1, 0.15) is 30.3 Å². The van der Waals surface area contributed by atoms with Gasteiger partial charge < -0.3 is 10.4 Å². The topological polar surface area (TPSA) is 79.3 Å². The summed E-state index contributed by atoms with van der Waals surface area (Å²) in [5.41, 5.74) is 0.269. The monoisotopic (exact) mass is 314 g/mol. The molecular formula is C12H15BrN2O3. The zero-order chi connectivity index (χ0) is 13.5. The molecule has 0 fully saturated rings. The van der Waals surface area contributed by atoms with E-state index in [2.05, 4.69) is 26.2 Å². The highest BCUT2D eigenvalue weighted by molar-refractivity contribution is 9.10. The molecule has 0 aliphatic heterocycles. The van der Waals surface area contributed by atoms with Crippen LogP contribution in [0.25, 0.3) is 0 Å². The Bertz CT molecular complexity index is 437. The van der Waals surface area contributed by atoms with Crippen LogP contribution in [0, 0.1) is 5.92 Å². The van der Waals surface area contributed by atoms with Crippen molar-refractivity contribution in [1.29, 1.82) is 0 Å². The minimum Gasteiger partial charge on any atom is -0.481 e. The van der Waals surface area contributed by atoms with Crippen molar-refractivity contribution in [2.24, 2.45) is 5.92 Å². The summed E-state index contributed by atoms with van der Waals surface area (Å²) in [5.74, 6) is -1.80. The molecule has 98 valence electrons. The minimum absolute atomic E-state index is 0.121. The van der Waals surface area contributed by atoms with Gasteiger partial charge in [0.05, 0.1) is 5.92 Å². The summed E-state index contributed by atoms with van der Waals surface area (Å²) in [4.78, 5) is 26.7. The van der Waals surface area contributed by atoms with Crippen LogP contribution >= 0.6 is 15.9 Å². The number of aliphatic carboxylic acids is 1. The molecule has 2 N–H and O–H groups in total. The second-order valence-corrected chi connectivity index (χ2v) is 4.69. The highest BCUT2D eigenvalue weighted by atomic mass is 79.9. The Morgan fingerprint density at radius 3 is 2.78 bits per heavy atom. The average molecular weight is 315 g/mol. The highest BCUT2D eigenvalue weighted by Crippen LogP contribution is 2.08. The molecule has 1 heterocycles. The van der Waals surface area contributed by atoms with Crippen molar-refractivity contribution in [3.63, 3.8) is 0 Å². The van der Waals surface area contributed by atoms with Crippen LogP contribution in [0.5, 0.6) is 0 Å². The maximum atomic E-state index is 11.7. The van der Waals surface area contributed by atoms with Gasteiger partial charge in [0.1, 0.15) is 10.3 Å². The zero-order valence-electron chi connectivity index (χ0n) is 10.0. The summed E-state index contributed by atoms with van der Waals surface area (Å²) in [5, 5.41) is 11.5. The van der Waals surface area contributed by atoms with Gasteiger partial charge in [-0.1, -0.05) is 19.4 Å². The lowest BCUT2D eigenvalue weighted by atomic mass is 10.0. The number of nitrogens with one attached hydrogen (secondary N) is 1. The molecular weight excluding hydrogens is 300 g/mol. The van der Waals surface area contributed by atoms with E-state index in [0.29, 0.717) is 11.0 Å². The van der Waals surface area contributed by atoms with Crippen LogP contribution in [0.2, 0.25) is 0 Å². The number of nitrogens with zero attached hydrogens (tertiary/aromatic N) is 1. The predicted octanol–water partition coefficient (Wildman–Crippen LogP) is 2.07. The van der Waals surface area contributed by atoms with Gasteiger partial charge in [0.25, 0.3) is 5.91 Å². The van der Waals surface area contributed by atoms with Gasteiger partial charge in [0.2, 0.25) is 0 Å². The Hall–Kier alpha value is -1.43. The first-order chi connectivity index (χ1) is 8.54. The number of amides is 1. The number of rotatable bonds is 6. The van der Waals surface area contributed by atoms with Crippen LogP contribution in [-0.2, 0) is 4.79 Å². The first-order valence-corrected chi connectivity index (χ1v) is 6.47. The van der Waals surface area contributed by atoms with E-state index in [0.717, 1.165) is 6.42 Å². The van der Waals surface area contributed by atoms with Crippen molar-refractivity contribution >= 4 is 27.8 Å². The van der Waals surface area contributed by atoms with E-state index < -0.39 is 11.9 Å². The third kappa shape index (κ3) is 4.44. The molecule has 1 unspecified atom stereocenters. The Kier molecular flexibility index (Phi) is 5.77. The molecule has 6 heteroatoms. The van der Waals surface area contributed by atoms with Gasteiger partial charge >= 0.3 is 5.97 Å². The van der Waals surface area contributed by atoms with Gasteiger partial charge in [-0.25, -0.2) is 4.98 Å². The summed E-state index contributed by atoms with van der Waals surface area (Å²) in [6, 6.07) is 5.00. The van der Waals surface area contributed by atoms with Gasteiger partial charge in [-0.2, -0.15) is 0 Å². The minimum atomic E-state index is -0.889. The third-order valence-electron chi connectivity index (χ3n) is 2.44. The molecule has 0 radical (unpaired) electrons. The first kappa shape index (κ1) is 14.6. The zero-order valence-corrected chi connectivity index (χ0v) is 11.6. The number of carboxylic acids is 1. The second kappa shape index (κ2) is 7.10. The fraction of sp³-hybridized carbons (Fsp3) is 0.417. The molecule has 1 atom stereocenters. The number of hydrogen-bond donors (Lipinski definition) is 2. The van der Waals surface area contributed by atoms with E-state index in [1.54, 1.807) is 18.2 Å². The molecule has 1 rings (SSSR count). The molecule has 0 aliphatic carbocycles. The molecule has 1 amide bonds. The maximum Gasteiger partial charge on any atom is 0.308 e. The van der Waals surface area contributed by atoms with Gasteiger partial charge in [-0.15, -0.1) is 0 Å². The summed E-state index contributed by atoms with van der Waals surface area (Å²) >= 11 is 3.17. The van der Waals surface area contributed by atoms with Crippen LogP contribution in [0.4, 0.5) is 0 Å². The second-order valence-electron chi connectivity index (χ2n) is 3.88. The molecule has 18 heavy (non-hydrogen) atoms. The van der Waals surface area contributed by atoms with Crippen molar-refractivity contribution in [3.05, 3.63) is 28.5 Å². The molecule has 0 aliphatic rings. The number of aromatic nitrogens is 1. The fourth-order valence-corrected chi connectivity index (χ4v) is 1.85. The van der Waals surface area contributed by atoms with E-state index >= 15 is 0 Å². The number of pyridine rings is 1. The fourth-order valence-electron chi connectivity index (χ4n) is 1.50. The Morgan fingerprint density at radius 1 is 1.50 bits per heavy atom. The third-order valence-corrected chi connectivity index (χ3v) is 2.88.